The molecule has 1 aromatic heterocycles. The van der Waals surface area contributed by atoms with Crippen molar-refractivity contribution in [2.75, 3.05) is 0 Å². The van der Waals surface area contributed by atoms with E-state index >= 15 is 0 Å². The van der Waals surface area contributed by atoms with Gasteiger partial charge in [-0.1, -0.05) is 19.3 Å². The second kappa shape index (κ2) is 4.21. The number of hydrogen-bond donors (Lipinski definition) is 1. The zero-order chi connectivity index (χ0) is 11.0. The summed E-state index contributed by atoms with van der Waals surface area (Å²) in [4.78, 5) is 4.43. The molecule has 16 heavy (non-hydrogen) atoms. The first kappa shape index (κ1) is 10.3. The van der Waals surface area contributed by atoms with Gasteiger partial charge in [0.25, 0.3) is 0 Å². The molecule has 3 nitrogen and oxygen atoms in total. The van der Waals surface area contributed by atoms with Gasteiger partial charge in [0, 0.05) is 24.4 Å². The highest BCUT2D eigenvalue weighted by Crippen LogP contribution is 2.35. The number of aliphatic hydroxyl groups is 1. The second-order valence-electron chi connectivity index (χ2n) is 5.19. The van der Waals surface area contributed by atoms with Crippen LogP contribution in [0.4, 0.5) is 0 Å². The Balaban J connectivity index is 1.89. The van der Waals surface area contributed by atoms with E-state index in [9.17, 15) is 5.11 Å². The van der Waals surface area contributed by atoms with Crippen LogP contribution in [0.5, 0.6) is 0 Å². The third-order valence-corrected chi connectivity index (χ3v) is 4.10. The SMILES string of the molecule is OC1CCCn2c(C3CCCCC3)cnc21. The topological polar surface area (TPSA) is 38.0 Å². The van der Waals surface area contributed by atoms with Gasteiger partial charge in [-0.2, -0.15) is 0 Å². The van der Waals surface area contributed by atoms with E-state index < -0.39 is 0 Å². The first-order valence-corrected chi connectivity index (χ1v) is 6.59. The minimum absolute atomic E-state index is 0.328. The lowest BCUT2D eigenvalue weighted by molar-refractivity contribution is 0.132. The summed E-state index contributed by atoms with van der Waals surface area (Å²) in [7, 11) is 0. The van der Waals surface area contributed by atoms with Gasteiger partial charge in [0.2, 0.25) is 0 Å². The molecule has 1 N–H and O–H groups in total. The minimum atomic E-state index is -0.328. The van der Waals surface area contributed by atoms with Crippen molar-refractivity contribution in [2.45, 2.75) is 63.5 Å². The fraction of sp³-hybridized carbons (Fsp3) is 0.769. The van der Waals surface area contributed by atoms with E-state index in [-0.39, 0.29) is 6.10 Å². The number of fused-ring (bicyclic) bond motifs is 1. The van der Waals surface area contributed by atoms with E-state index in [0.29, 0.717) is 5.92 Å². The predicted octanol–water partition coefficient (Wildman–Crippen LogP) is 2.76. The molecule has 1 saturated carbocycles. The Labute approximate surface area is 96.5 Å². The first-order valence-electron chi connectivity index (χ1n) is 6.59. The standard InChI is InChI=1S/C13H20N2O/c16-12-7-4-8-15-11(9-14-13(12)15)10-5-2-1-3-6-10/h9-10,12,16H,1-8H2. The molecular weight excluding hydrogens is 200 g/mol. The summed E-state index contributed by atoms with van der Waals surface area (Å²) in [5, 5.41) is 9.89. The molecule has 0 radical (unpaired) electrons. The number of hydrogen-bond acceptors (Lipinski definition) is 2. The molecule has 3 rings (SSSR count). The normalized spacial score (nSPS) is 26.7. The zero-order valence-corrected chi connectivity index (χ0v) is 9.73. The minimum Gasteiger partial charge on any atom is -0.385 e. The summed E-state index contributed by atoms with van der Waals surface area (Å²) in [6.07, 6.45) is 10.4. The van der Waals surface area contributed by atoms with Gasteiger partial charge in [-0.25, -0.2) is 4.98 Å². The third kappa shape index (κ3) is 1.67. The molecule has 1 fully saturated rings. The van der Waals surface area contributed by atoms with Crippen LogP contribution in [0.15, 0.2) is 6.20 Å². The lowest BCUT2D eigenvalue weighted by Crippen LogP contribution is -2.19. The Bertz CT molecular complexity index is 366. The fourth-order valence-corrected chi connectivity index (χ4v) is 3.21. The Morgan fingerprint density at radius 2 is 1.94 bits per heavy atom. The molecule has 1 atom stereocenters. The van der Waals surface area contributed by atoms with Gasteiger partial charge in [-0.05, 0) is 25.7 Å². The Morgan fingerprint density at radius 3 is 2.75 bits per heavy atom. The molecule has 1 unspecified atom stereocenters. The van der Waals surface area contributed by atoms with E-state index in [1.165, 1.54) is 37.8 Å². The monoisotopic (exact) mass is 220 g/mol. The lowest BCUT2D eigenvalue weighted by Gasteiger charge is -2.26. The van der Waals surface area contributed by atoms with E-state index in [1.54, 1.807) is 0 Å². The molecule has 2 aliphatic rings. The molecule has 1 aliphatic carbocycles. The van der Waals surface area contributed by atoms with Crippen molar-refractivity contribution in [3.05, 3.63) is 17.7 Å². The molecule has 0 bridgehead atoms. The van der Waals surface area contributed by atoms with Crippen LogP contribution in [0.2, 0.25) is 0 Å². The quantitative estimate of drug-likeness (QED) is 0.790. The number of imidazole rings is 1. The van der Waals surface area contributed by atoms with Crippen LogP contribution in [0.25, 0.3) is 0 Å². The molecule has 0 aromatic carbocycles. The van der Waals surface area contributed by atoms with Crippen molar-refractivity contribution in [3.8, 4) is 0 Å². The van der Waals surface area contributed by atoms with Gasteiger partial charge in [0.1, 0.15) is 11.9 Å². The van der Waals surface area contributed by atoms with Gasteiger partial charge in [-0.3, -0.25) is 0 Å². The zero-order valence-electron chi connectivity index (χ0n) is 9.73. The molecule has 0 amide bonds. The Kier molecular flexibility index (Phi) is 2.72. The van der Waals surface area contributed by atoms with E-state index in [2.05, 4.69) is 9.55 Å². The Morgan fingerprint density at radius 1 is 1.12 bits per heavy atom. The van der Waals surface area contributed by atoms with Crippen LogP contribution < -0.4 is 0 Å². The van der Waals surface area contributed by atoms with Crippen LogP contribution in [0, 0.1) is 0 Å². The van der Waals surface area contributed by atoms with Crippen LogP contribution in [0.1, 0.15) is 68.5 Å². The summed E-state index contributed by atoms with van der Waals surface area (Å²) in [6, 6.07) is 0. The van der Waals surface area contributed by atoms with Crippen molar-refractivity contribution >= 4 is 0 Å². The van der Waals surface area contributed by atoms with Gasteiger partial charge in [-0.15, -0.1) is 0 Å². The first-order chi connectivity index (χ1) is 7.86. The largest absolute Gasteiger partial charge is 0.385 e. The van der Waals surface area contributed by atoms with Crippen molar-refractivity contribution in [2.24, 2.45) is 0 Å². The molecule has 88 valence electrons. The average molecular weight is 220 g/mol. The third-order valence-electron chi connectivity index (χ3n) is 4.10. The highest BCUT2D eigenvalue weighted by atomic mass is 16.3. The summed E-state index contributed by atoms with van der Waals surface area (Å²) >= 11 is 0. The predicted molar refractivity (Wildman–Crippen MR) is 62.2 cm³/mol. The van der Waals surface area contributed by atoms with Crippen molar-refractivity contribution in [1.82, 2.24) is 9.55 Å². The highest BCUT2D eigenvalue weighted by Gasteiger charge is 2.26. The fourth-order valence-electron chi connectivity index (χ4n) is 3.21. The second-order valence-corrected chi connectivity index (χ2v) is 5.19. The average Bonchev–Trinajstić information content (AvgIpc) is 2.75. The maximum Gasteiger partial charge on any atom is 0.137 e. The molecule has 0 saturated heterocycles. The maximum absolute atomic E-state index is 9.89. The number of aliphatic hydroxyl groups excluding tert-OH is 1. The molecular formula is C13H20N2O. The molecule has 1 aliphatic heterocycles. The van der Waals surface area contributed by atoms with Crippen LogP contribution in [0.3, 0.4) is 0 Å². The summed E-state index contributed by atoms with van der Waals surface area (Å²) < 4.78 is 2.28. The summed E-state index contributed by atoms with van der Waals surface area (Å²) in [5.41, 5.74) is 1.38. The summed E-state index contributed by atoms with van der Waals surface area (Å²) in [5.74, 6) is 1.60. The molecule has 2 heterocycles. The number of rotatable bonds is 1. The molecule has 0 spiro atoms. The van der Waals surface area contributed by atoms with Crippen molar-refractivity contribution in [3.63, 3.8) is 0 Å². The van der Waals surface area contributed by atoms with E-state index in [1.807, 2.05) is 6.20 Å². The van der Waals surface area contributed by atoms with Crippen LogP contribution in [-0.2, 0) is 6.54 Å². The molecule has 3 heteroatoms. The van der Waals surface area contributed by atoms with Crippen LogP contribution >= 0.6 is 0 Å². The van der Waals surface area contributed by atoms with E-state index in [4.69, 9.17) is 0 Å². The number of nitrogens with zero attached hydrogens (tertiary/aromatic N) is 2. The van der Waals surface area contributed by atoms with E-state index in [0.717, 1.165) is 25.2 Å². The lowest BCUT2D eigenvalue weighted by atomic mass is 9.87. The highest BCUT2D eigenvalue weighted by molar-refractivity contribution is 5.14. The van der Waals surface area contributed by atoms with Crippen LogP contribution in [-0.4, -0.2) is 14.7 Å². The van der Waals surface area contributed by atoms with Gasteiger partial charge >= 0.3 is 0 Å². The smallest absolute Gasteiger partial charge is 0.137 e. The van der Waals surface area contributed by atoms with Crippen molar-refractivity contribution in [1.29, 1.82) is 0 Å². The summed E-state index contributed by atoms with van der Waals surface area (Å²) in [6.45, 7) is 1.05. The maximum atomic E-state index is 9.89. The Hall–Kier alpha value is -0.830. The van der Waals surface area contributed by atoms with Gasteiger partial charge < -0.3 is 9.67 Å². The number of aromatic nitrogens is 2. The van der Waals surface area contributed by atoms with Crippen molar-refractivity contribution < 1.29 is 5.11 Å². The van der Waals surface area contributed by atoms with Gasteiger partial charge in [0.15, 0.2) is 0 Å². The van der Waals surface area contributed by atoms with Gasteiger partial charge in [0.05, 0.1) is 0 Å². The molecule has 1 aromatic rings.